The zero-order valence-electron chi connectivity index (χ0n) is 11.9. The van der Waals surface area contributed by atoms with Gasteiger partial charge >= 0.3 is 0 Å². The van der Waals surface area contributed by atoms with Crippen molar-refractivity contribution >= 4 is 5.78 Å². The molecule has 0 amide bonds. The van der Waals surface area contributed by atoms with Crippen LogP contribution in [0.2, 0.25) is 0 Å². The first-order valence-corrected chi connectivity index (χ1v) is 6.50. The van der Waals surface area contributed by atoms with E-state index in [1.165, 1.54) is 6.92 Å². The van der Waals surface area contributed by atoms with Crippen molar-refractivity contribution in [2.45, 2.75) is 19.8 Å². The third kappa shape index (κ3) is 3.31. The molecule has 0 saturated heterocycles. The second kappa shape index (κ2) is 6.26. The Kier molecular flexibility index (Phi) is 4.42. The van der Waals surface area contributed by atoms with E-state index in [9.17, 15) is 14.7 Å². The van der Waals surface area contributed by atoms with Gasteiger partial charge in [0.1, 0.15) is 23.3 Å². The Balaban J connectivity index is 2.11. The second-order valence-electron chi connectivity index (χ2n) is 4.65. The first-order valence-electron chi connectivity index (χ1n) is 6.50. The number of ether oxygens (including phenoxy) is 1. The fraction of sp³-hybridized carbons (Fsp3) is 0.250. The van der Waals surface area contributed by atoms with Crippen molar-refractivity contribution in [1.82, 2.24) is 0 Å². The van der Waals surface area contributed by atoms with Gasteiger partial charge in [-0.1, -0.05) is 12.1 Å². The molecule has 0 bridgehead atoms. The fourth-order valence-corrected chi connectivity index (χ4v) is 2.04. The van der Waals surface area contributed by atoms with E-state index in [-0.39, 0.29) is 23.5 Å². The van der Waals surface area contributed by atoms with E-state index in [4.69, 9.17) is 9.15 Å². The van der Waals surface area contributed by atoms with Gasteiger partial charge in [0.25, 0.3) is 0 Å². The van der Waals surface area contributed by atoms with Gasteiger partial charge in [-0.05, 0) is 31.0 Å². The molecule has 21 heavy (non-hydrogen) atoms. The van der Waals surface area contributed by atoms with Crippen LogP contribution in [0.1, 0.15) is 28.1 Å². The SMILES string of the molecule is COc1ccc(CCC(=O)c2c(C)occ(O)c2=O)cc1. The van der Waals surface area contributed by atoms with Crippen LogP contribution in [0.4, 0.5) is 0 Å². The number of benzene rings is 1. The smallest absolute Gasteiger partial charge is 0.237 e. The van der Waals surface area contributed by atoms with Gasteiger partial charge in [-0.3, -0.25) is 9.59 Å². The molecule has 0 unspecified atom stereocenters. The third-order valence-electron chi connectivity index (χ3n) is 3.24. The number of methoxy groups -OCH3 is 1. The molecule has 1 heterocycles. The molecular formula is C16H16O5. The molecular weight excluding hydrogens is 272 g/mol. The minimum atomic E-state index is -0.682. The van der Waals surface area contributed by atoms with Crippen LogP contribution in [0.5, 0.6) is 11.5 Å². The summed E-state index contributed by atoms with van der Waals surface area (Å²) < 4.78 is 10.0. The Labute approximate surface area is 121 Å². The van der Waals surface area contributed by atoms with E-state index < -0.39 is 11.2 Å². The van der Waals surface area contributed by atoms with Crippen LogP contribution >= 0.6 is 0 Å². The zero-order valence-corrected chi connectivity index (χ0v) is 11.9. The largest absolute Gasteiger partial charge is 0.502 e. The molecule has 0 atom stereocenters. The summed E-state index contributed by atoms with van der Waals surface area (Å²) in [6.45, 7) is 1.53. The van der Waals surface area contributed by atoms with Crippen molar-refractivity contribution in [3.8, 4) is 11.5 Å². The van der Waals surface area contributed by atoms with Crippen molar-refractivity contribution in [3.63, 3.8) is 0 Å². The normalized spacial score (nSPS) is 10.4. The molecule has 0 radical (unpaired) electrons. The number of Topliss-reactive ketones (excluding diaryl/α,β-unsaturated/α-hetero) is 1. The molecule has 2 rings (SSSR count). The molecule has 110 valence electrons. The third-order valence-corrected chi connectivity index (χ3v) is 3.24. The van der Waals surface area contributed by atoms with Crippen LogP contribution in [0.3, 0.4) is 0 Å². The molecule has 1 aromatic heterocycles. The number of aromatic hydroxyl groups is 1. The molecule has 0 aliphatic heterocycles. The summed E-state index contributed by atoms with van der Waals surface area (Å²) in [6.07, 6.45) is 1.61. The summed E-state index contributed by atoms with van der Waals surface area (Å²) in [4.78, 5) is 23.9. The number of carbonyl (C=O) groups is 1. The standard InChI is InChI=1S/C16H16O5/c1-10-15(16(19)14(18)9-21-10)13(17)8-5-11-3-6-12(20-2)7-4-11/h3-4,6-7,9,18H,5,8H2,1-2H3. The first-order chi connectivity index (χ1) is 10.0. The maximum atomic E-state index is 12.1. The maximum Gasteiger partial charge on any atom is 0.237 e. The van der Waals surface area contributed by atoms with Gasteiger partial charge in [0.15, 0.2) is 11.5 Å². The Morgan fingerprint density at radius 1 is 1.29 bits per heavy atom. The molecule has 0 aliphatic carbocycles. The molecule has 1 N–H and O–H groups in total. The molecule has 0 aliphatic rings. The van der Waals surface area contributed by atoms with Crippen LogP contribution in [0, 0.1) is 6.92 Å². The minimum Gasteiger partial charge on any atom is -0.502 e. The Bertz CT molecular complexity index is 698. The van der Waals surface area contributed by atoms with E-state index in [0.29, 0.717) is 6.42 Å². The number of rotatable bonds is 5. The predicted molar refractivity (Wildman–Crippen MR) is 77.0 cm³/mol. The summed E-state index contributed by atoms with van der Waals surface area (Å²) in [5, 5.41) is 9.34. The van der Waals surface area contributed by atoms with Crippen molar-refractivity contribution < 1.29 is 19.1 Å². The lowest BCUT2D eigenvalue weighted by Crippen LogP contribution is -2.17. The Morgan fingerprint density at radius 3 is 2.57 bits per heavy atom. The second-order valence-corrected chi connectivity index (χ2v) is 4.65. The van der Waals surface area contributed by atoms with Crippen LogP contribution < -0.4 is 10.2 Å². The highest BCUT2D eigenvalue weighted by Gasteiger charge is 2.17. The van der Waals surface area contributed by atoms with Gasteiger partial charge in [-0.2, -0.15) is 0 Å². The molecule has 0 spiro atoms. The molecule has 1 aromatic carbocycles. The van der Waals surface area contributed by atoms with Crippen LogP contribution in [0.25, 0.3) is 0 Å². The zero-order chi connectivity index (χ0) is 15.4. The average Bonchev–Trinajstić information content (AvgIpc) is 2.50. The van der Waals surface area contributed by atoms with Crippen molar-refractivity contribution in [1.29, 1.82) is 0 Å². The van der Waals surface area contributed by atoms with Crippen molar-refractivity contribution in [3.05, 3.63) is 57.6 Å². The molecule has 0 fully saturated rings. The van der Waals surface area contributed by atoms with Crippen LogP contribution in [0.15, 0.2) is 39.7 Å². The minimum absolute atomic E-state index is 0.0801. The van der Waals surface area contributed by atoms with E-state index in [2.05, 4.69) is 0 Å². The molecule has 5 heteroatoms. The van der Waals surface area contributed by atoms with Gasteiger partial charge in [0.2, 0.25) is 5.43 Å². The number of carbonyl (C=O) groups excluding carboxylic acids is 1. The van der Waals surface area contributed by atoms with Crippen molar-refractivity contribution in [2.24, 2.45) is 0 Å². The number of hydrogen-bond acceptors (Lipinski definition) is 5. The molecule has 5 nitrogen and oxygen atoms in total. The number of aryl methyl sites for hydroxylation is 2. The van der Waals surface area contributed by atoms with E-state index in [1.54, 1.807) is 7.11 Å². The highest BCUT2D eigenvalue weighted by atomic mass is 16.5. The maximum absolute atomic E-state index is 12.1. The topological polar surface area (TPSA) is 76.7 Å². The lowest BCUT2D eigenvalue weighted by molar-refractivity contribution is 0.0977. The Morgan fingerprint density at radius 2 is 1.95 bits per heavy atom. The highest BCUT2D eigenvalue weighted by Crippen LogP contribution is 2.15. The summed E-state index contributed by atoms with van der Waals surface area (Å²) in [6, 6.07) is 7.36. The summed E-state index contributed by atoms with van der Waals surface area (Å²) in [5.74, 6) is 0.0773. The lowest BCUT2D eigenvalue weighted by Gasteiger charge is -2.05. The number of ketones is 1. The fourth-order valence-electron chi connectivity index (χ4n) is 2.04. The van der Waals surface area contributed by atoms with E-state index >= 15 is 0 Å². The summed E-state index contributed by atoms with van der Waals surface area (Å²) in [7, 11) is 1.59. The van der Waals surface area contributed by atoms with Gasteiger partial charge in [0.05, 0.1) is 7.11 Å². The lowest BCUT2D eigenvalue weighted by atomic mass is 10.0. The van der Waals surface area contributed by atoms with Crippen LogP contribution in [-0.4, -0.2) is 18.0 Å². The Hall–Kier alpha value is -2.56. The van der Waals surface area contributed by atoms with Gasteiger partial charge in [-0.15, -0.1) is 0 Å². The van der Waals surface area contributed by atoms with E-state index in [0.717, 1.165) is 17.6 Å². The molecule has 0 saturated carbocycles. The summed E-state index contributed by atoms with van der Waals surface area (Å²) >= 11 is 0. The summed E-state index contributed by atoms with van der Waals surface area (Å²) in [5.41, 5.74) is 0.202. The van der Waals surface area contributed by atoms with E-state index in [1.807, 2.05) is 24.3 Å². The van der Waals surface area contributed by atoms with Gasteiger partial charge in [0, 0.05) is 6.42 Å². The number of hydrogen-bond donors (Lipinski definition) is 1. The van der Waals surface area contributed by atoms with Gasteiger partial charge in [-0.25, -0.2) is 0 Å². The quantitative estimate of drug-likeness (QED) is 0.855. The molecule has 2 aromatic rings. The monoisotopic (exact) mass is 288 g/mol. The first kappa shape index (κ1) is 14.8. The van der Waals surface area contributed by atoms with Crippen LogP contribution in [-0.2, 0) is 6.42 Å². The predicted octanol–water partition coefficient (Wildman–Crippen LogP) is 2.48. The van der Waals surface area contributed by atoms with Crippen molar-refractivity contribution in [2.75, 3.05) is 7.11 Å². The van der Waals surface area contributed by atoms with Gasteiger partial charge < -0.3 is 14.3 Å². The highest BCUT2D eigenvalue weighted by molar-refractivity contribution is 5.97. The average molecular weight is 288 g/mol.